The van der Waals surface area contributed by atoms with Gasteiger partial charge in [0.15, 0.2) is 5.16 Å². The third kappa shape index (κ3) is 6.71. The molecule has 2 aromatic heterocycles. The Morgan fingerprint density at radius 1 is 1.21 bits per heavy atom. The Hall–Kier alpha value is -2.58. The summed E-state index contributed by atoms with van der Waals surface area (Å²) in [6, 6.07) is 9.04. The molecular formula is C24H29ClN6OS. The van der Waals surface area contributed by atoms with Crippen molar-refractivity contribution in [3.63, 3.8) is 0 Å². The van der Waals surface area contributed by atoms with Crippen LogP contribution >= 0.6 is 23.4 Å². The highest BCUT2D eigenvalue weighted by atomic mass is 35.5. The number of carbonyl (C=O) groups excluding carboxylic acids is 1. The van der Waals surface area contributed by atoms with Crippen LogP contribution in [0, 0.1) is 5.92 Å². The molecule has 1 atom stereocenters. The smallest absolute Gasteiger partial charge is 0.242 e. The first kappa shape index (κ1) is 23.6. The average Bonchev–Trinajstić information content (AvgIpc) is 3.39. The molecule has 4 rings (SSSR count). The van der Waals surface area contributed by atoms with Gasteiger partial charge >= 0.3 is 0 Å². The highest BCUT2D eigenvalue weighted by Gasteiger charge is 2.25. The largest absolute Gasteiger partial charge is 0.358 e. The summed E-state index contributed by atoms with van der Waals surface area (Å²) in [5, 5.41) is 14.7. The fourth-order valence-electron chi connectivity index (χ4n) is 4.21. The highest BCUT2D eigenvalue weighted by Crippen LogP contribution is 2.29. The Balaban J connectivity index is 1.51. The van der Waals surface area contributed by atoms with Crippen LogP contribution in [0.3, 0.4) is 0 Å². The topological polar surface area (TPSA) is 95.6 Å². The molecule has 1 saturated carbocycles. The van der Waals surface area contributed by atoms with Crippen LogP contribution < -0.4 is 10.6 Å². The van der Waals surface area contributed by atoms with Gasteiger partial charge in [-0.15, -0.1) is 0 Å². The molecule has 0 aliphatic heterocycles. The molecule has 1 aliphatic carbocycles. The predicted octanol–water partition coefficient (Wildman–Crippen LogP) is 5.31. The number of aromatic nitrogens is 4. The molecule has 3 aromatic rings. The second-order valence-corrected chi connectivity index (χ2v) is 9.60. The molecule has 174 valence electrons. The standard InChI is InChI=1S/C24H29ClN6OS/c1-33-24-30-20(18-14-27-28-15-18)12-22(31-24)29-21(11-16-5-3-2-4-6-16)23(32)26-13-17-7-9-19(25)10-8-17/h7-10,12,14-16,21H,2-6,11,13H2,1H3,(H,26,32)(H,27,28)(H,29,30,31)/t21-/m1/s1. The Morgan fingerprint density at radius 2 is 2.00 bits per heavy atom. The van der Waals surface area contributed by atoms with E-state index >= 15 is 0 Å². The van der Waals surface area contributed by atoms with E-state index in [4.69, 9.17) is 11.6 Å². The maximum absolute atomic E-state index is 13.3. The van der Waals surface area contributed by atoms with Crippen LogP contribution in [0.5, 0.6) is 0 Å². The van der Waals surface area contributed by atoms with E-state index in [2.05, 4.69) is 30.8 Å². The molecule has 2 heterocycles. The number of hydrogen-bond donors (Lipinski definition) is 3. The molecule has 7 nitrogen and oxygen atoms in total. The van der Waals surface area contributed by atoms with Crippen molar-refractivity contribution in [1.29, 1.82) is 0 Å². The van der Waals surface area contributed by atoms with E-state index < -0.39 is 0 Å². The minimum absolute atomic E-state index is 0.0234. The average molecular weight is 485 g/mol. The van der Waals surface area contributed by atoms with Gasteiger partial charge in [0.1, 0.15) is 11.9 Å². The summed E-state index contributed by atoms with van der Waals surface area (Å²) in [6.45, 7) is 0.457. The van der Waals surface area contributed by atoms with Gasteiger partial charge in [0.2, 0.25) is 5.91 Å². The van der Waals surface area contributed by atoms with Gasteiger partial charge in [0.05, 0.1) is 11.9 Å². The highest BCUT2D eigenvalue weighted by molar-refractivity contribution is 7.98. The lowest BCUT2D eigenvalue weighted by molar-refractivity contribution is -0.122. The lowest BCUT2D eigenvalue weighted by Gasteiger charge is -2.27. The van der Waals surface area contributed by atoms with E-state index in [1.807, 2.05) is 36.6 Å². The number of hydrogen-bond acceptors (Lipinski definition) is 6. The Bertz CT molecular complexity index is 1040. The number of benzene rings is 1. The van der Waals surface area contributed by atoms with Crippen LogP contribution in [0.25, 0.3) is 11.3 Å². The van der Waals surface area contributed by atoms with Crippen LogP contribution in [0.15, 0.2) is 47.9 Å². The number of halogens is 1. The molecule has 3 N–H and O–H groups in total. The molecule has 9 heteroatoms. The molecular weight excluding hydrogens is 456 g/mol. The quantitative estimate of drug-likeness (QED) is 0.281. The van der Waals surface area contributed by atoms with Gasteiger partial charge in [-0.2, -0.15) is 5.10 Å². The number of rotatable bonds is 9. The van der Waals surface area contributed by atoms with E-state index in [9.17, 15) is 4.79 Å². The number of anilines is 1. The van der Waals surface area contributed by atoms with Gasteiger partial charge in [-0.1, -0.05) is 67.6 Å². The van der Waals surface area contributed by atoms with Crippen molar-refractivity contribution in [2.75, 3.05) is 11.6 Å². The minimum Gasteiger partial charge on any atom is -0.358 e. The maximum Gasteiger partial charge on any atom is 0.242 e. The number of aromatic amines is 1. The van der Waals surface area contributed by atoms with Crippen LogP contribution in [0.2, 0.25) is 5.02 Å². The molecule has 33 heavy (non-hydrogen) atoms. The molecule has 0 saturated heterocycles. The SMILES string of the molecule is CSc1nc(N[C@H](CC2CCCCC2)C(=O)NCc2ccc(Cl)cc2)cc(-c2cn[nH]c2)n1. The molecule has 0 radical (unpaired) electrons. The van der Waals surface area contributed by atoms with Gasteiger partial charge < -0.3 is 10.6 Å². The van der Waals surface area contributed by atoms with Crippen molar-refractivity contribution >= 4 is 35.1 Å². The number of carbonyl (C=O) groups is 1. The number of H-pyrrole nitrogens is 1. The Labute approximate surface area is 203 Å². The van der Waals surface area contributed by atoms with Crippen LogP contribution in [0.4, 0.5) is 5.82 Å². The van der Waals surface area contributed by atoms with Crippen molar-refractivity contribution in [1.82, 2.24) is 25.5 Å². The zero-order valence-corrected chi connectivity index (χ0v) is 20.3. The fraction of sp³-hybridized carbons (Fsp3) is 0.417. The van der Waals surface area contributed by atoms with E-state index in [1.165, 1.54) is 43.9 Å². The number of thioether (sulfide) groups is 1. The first-order valence-corrected chi connectivity index (χ1v) is 12.9. The number of amides is 1. The molecule has 1 amide bonds. The molecule has 0 spiro atoms. The predicted molar refractivity (Wildman–Crippen MR) is 133 cm³/mol. The molecule has 0 unspecified atom stereocenters. The first-order valence-electron chi connectivity index (χ1n) is 11.3. The second-order valence-electron chi connectivity index (χ2n) is 8.39. The number of nitrogens with zero attached hydrogens (tertiary/aromatic N) is 3. The fourth-order valence-corrected chi connectivity index (χ4v) is 4.72. The summed E-state index contributed by atoms with van der Waals surface area (Å²) in [7, 11) is 0. The van der Waals surface area contributed by atoms with Crippen molar-refractivity contribution in [3.8, 4) is 11.3 Å². The maximum atomic E-state index is 13.3. The summed E-state index contributed by atoms with van der Waals surface area (Å²) in [4.78, 5) is 22.5. The van der Waals surface area contributed by atoms with Gasteiger partial charge in [-0.05, 0) is 36.3 Å². The molecule has 1 aliphatic rings. The van der Waals surface area contributed by atoms with E-state index in [1.54, 1.807) is 12.4 Å². The lowest BCUT2D eigenvalue weighted by atomic mass is 9.84. The van der Waals surface area contributed by atoms with E-state index in [0.717, 1.165) is 23.2 Å². The zero-order chi connectivity index (χ0) is 23.0. The molecule has 1 fully saturated rings. The molecule has 1 aromatic carbocycles. The zero-order valence-electron chi connectivity index (χ0n) is 18.7. The van der Waals surface area contributed by atoms with Gasteiger partial charge in [0.25, 0.3) is 0 Å². The second kappa shape index (κ2) is 11.5. The summed E-state index contributed by atoms with van der Waals surface area (Å²) < 4.78 is 0. The normalized spacial score (nSPS) is 15.2. The van der Waals surface area contributed by atoms with Crippen LogP contribution in [-0.4, -0.2) is 38.4 Å². The summed E-state index contributed by atoms with van der Waals surface area (Å²) in [6.07, 6.45) is 12.4. The van der Waals surface area contributed by atoms with E-state index in [0.29, 0.717) is 28.5 Å². The van der Waals surface area contributed by atoms with Gasteiger partial charge in [-0.3, -0.25) is 9.89 Å². The summed E-state index contributed by atoms with van der Waals surface area (Å²) in [5.41, 5.74) is 2.66. The van der Waals surface area contributed by atoms with Crippen molar-refractivity contribution in [3.05, 3.63) is 53.3 Å². The van der Waals surface area contributed by atoms with Crippen molar-refractivity contribution in [2.45, 2.75) is 56.3 Å². The Kier molecular flexibility index (Phi) is 8.23. The van der Waals surface area contributed by atoms with Crippen LogP contribution in [0.1, 0.15) is 44.1 Å². The third-order valence-corrected chi connectivity index (χ3v) is 6.79. The monoisotopic (exact) mass is 484 g/mol. The van der Waals surface area contributed by atoms with Crippen LogP contribution in [-0.2, 0) is 11.3 Å². The first-order chi connectivity index (χ1) is 16.1. The van der Waals surface area contributed by atoms with E-state index in [-0.39, 0.29) is 11.9 Å². The Morgan fingerprint density at radius 3 is 2.70 bits per heavy atom. The van der Waals surface area contributed by atoms with Crippen molar-refractivity contribution in [2.24, 2.45) is 5.92 Å². The lowest BCUT2D eigenvalue weighted by Crippen LogP contribution is -2.41. The van der Waals surface area contributed by atoms with Gasteiger partial charge in [-0.25, -0.2) is 9.97 Å². The summed E-state index contributed by atoms with van der Waals surface area (Å²) in [5.74, 6) is 1.16. The van der Waals surface area contributed by atoms with Gasteiger partial charge in [0, 0.05) is 29.4 Å². The third-order valence-electron chi connectivity index (χ3n) is 5.99. The minimum atomic E-state index is -0.373. The summed E-state index contributed by atoms with van der Waals surface area (Å²) >= 11 is 7.45. The van der Waals surface area contributed by atoms with Crippen molar-refractivity contribution < 1.29 is 4.79 Å². The number of nitrogens with one attached hydrogen (secondary N) is 3. The molecule has 0 bridgehead atoms.